The Hall–Kier alpha value is -2.24. The summed E-state index contributed by atoms with van der Waals surface area (Å²) in [6.07, 6.45) is 7.88. The van der Waals surface area contributed by atoms with E-state index < -0.39 is 0 Å². The van der Waals surface area contributed by atoms with E-state index in [-0.39, 0.29) is 12.5 Å². The molecule has 114 valence electrons. The number of amides is 1. The minimum absolute atomic E-state index is 0.0934. The summed E-state index contributed by atoms with van der Waals surface area (Å²) in [6.45, 7) is 3.25. The maximum Gasteiger partial charge on any atom is 0.242 e. The molecule has 2 rings (SSSR count). The Morgan fingerprint density at radius 1 is 1.38 bits per heavy atom. The van der Waals surface area contributed by atoms with Crippen molar-refractivity contribution in [3.05, 3.63) is 36.3 Å². The number of guanidine groups is 1. The summed E-state index contributed by atoms with van der Waals surface area (Å²) in [7, 11) is 0. The molecule has 0 aromatic carbocycles. The zero-order valence-corrected chi connectivity index (χ0v) is 12.3. The molecular formula is C15H22N4O2. The molecule has 1 aromatic rings. The fraction of sp³-hybridized carbons (Fsp3) is 0.467. The van der Waals surface area contributed by atoms with E-state index in [2.05, 4.69) is 33.1 Å². The molecule has 3 N–H and O–H groups in total. The van der Waals surface area contributed by atoms with Crippen LogP contribution >= 0.6 is 0 Å². The molecule has 0 aliphatic heterocycles. The average molecular weight is 290 g/mol. The van der Waals surface area contributed by atoms with Crippen LogP contribution in [0.1, 0.15) is 25.5 Å². The van der Waals surface area contributed by atoms with Crippen molar-refractivity contribution in [2.45, 2.75) is 32.4 Å². The Labute approximate surface area is 124 Å². The van der Waals surface area contributed by atoms with Gasteiger partial charge in [-0.2, -0.15) is 0 Å². The van der Waals surface area contributed by atoms with Crippen molar-refractivity contribution >= 4 is 11.9 Å². The minimum atomic E-state index is -0.131. The third-order valence-corrected chi connectivity index (χ3v) is 3.11. The highest BCUT2D eigenvalue weighted by Gasteiger charge is 2.11. The van der Waals surface area contributed by atoms with E-state index in [0.717, 1.165) is 25.1 Å². The first-order chi connectivity index (χ1) is 10.3. The van der Waals surface area contributed by atoms with Crippen LogP contribution in [0.3, 0.4) is 0 Å². The summed E-state index contributed by atoms with van der Waals surface area (Å²) in [5, 5.41) is 9.24. The second-order valence-corrected chi connectivity index (χ2v) is 4.84. The van der Waals surface area contributed by atoms with E-state index in [1.165, 1.54) is 0 Å². The first-order valence-corrected chi connectivity index (χ1v) is 7.27. The van der Waals surface area contributed by atoms with Crippen LogP contribution in [-0.4, -0.2) is 31.0 Å². The Morgan fingerprint density at radius 3 is 2.86 bits per heavy atom. The van der Waals surface area contributed by atoms with Gasteiger partial charge in [-0.25, -0.2) is 4.99 Å². The van der Waals surface area contributed by atoms with Gasteiger partial charge in [0.25, 0.3) is 0 Å². The van der Waals surface area contributed by atoms with Crippen LogP contribution in [0, 0.1) is 0 Å². The summed E-state index contributed by atoms with van der Waals surface area (Å²) in [4.78, 5) is 16.1. The van der Waals surface area contributed by atoms with Gasteiger partial charge in [-0.3, -0.25) is 4.79 Å². The molecule has 1 aliphatic rings. The molecule has 1 amide bonds. The van der Waals surface area contributed by atoms with Gasteiger partial charge < -0.3 is 20.4 Å². The largest absolute Gasteiger partial charge is 0.467 e. The number of carbonyl (C=O) groups is 1. The summed E-state index contributed by atoms with van der Waals surface area (Å²) < 4.78 is 5.15. The van der Waals surface area contributed by atoms with Gasteiger partial charge in [-0.15, -0.1) is 0 Å². The Balaban J connectivity index is 1.76. The molecule has 1 aliphatic carbocycles. The quantitative estimate of drug-likeness (QED) is 0.417. The molecule has 0 unspecified atom stereocenters. The number of furan rings is 1. The van der Waals surface area contributed by atoms with Gasteiger partial charge in [0, 0.05) is 12.6 Å². The number of hydrogen-bond donors (Lipinski definition) is 3. The van der Waals surface area contributed by atoms with Gasteiger partial charge in [0.1, 0.15) is 12.3 Å². The van der Waals surface area contributed by atoms with Crippen molar-refractivity contribution in [3.63, 3.8) is 0 Å². The Morgan fingerprint density at radius 2 is 2.19 bits per heavy atom. The number of rotatable bonds is 6. The van der Waals surface area contributed by atoms with E-state index in [9.17, 15) is 4.79 Å². The van der Waals surface area contributed by atoms with Crippen LogP contribution in [0.25, 0.3) is 0 Å². The second kappa shape index (κ2) is 8.14. The topological polar surface area (TPSA) is 78.7 Å². The molecule has 1 aromatic heterocycles. The van der Waals surface area contributed by atoms with Crippen LogP contribution in [0.15, 0.2) is 40.0 Å². The molecule has 1 heterocycles. The molecule has 0 atom stereocenters. The Bertz CT molecular complexity index is 486. The highest BCUT2D eigenvalue weighted by molar-refractivity contribution is 5.85. The molecule has 0 saturated carbocycles. The van der Waals surface area contributed by atoms with Gasteiger partial charge in [0.2, 0.25) is 5.91 Å². The lowest BCUT2D eigenvalue weighted by Crippen LogP contribution is -2.43. The first-order valence-electron chi connectivity index (χ1n) is 7.27. The maximum absolute atomic E-state index is 11.8. The highest BCUT2D eigenvalue weighted by Crippen LogP contribution is 2.08. The van der Waals surface area contributed by atoms with Gasteiger partial charge in [0.05, 0.1) is 12.8 Å². The normalized spacial score (nSPS) is 15.2. The van der Waals surface area contributed by atoms with Crippen LogP contribution in [0.2, 0.25) is 0 Å². The summed E-state index contributed by atoms with van der Waals surface area (Å²) in [5.74, 6) is 1.28. The maximum atomic E-state index is 11.8. The van der Waals surface area contributed by atoms with Crippen molar-refractivity contribution in [1.82, 2.24) is 16.0 Å². The number of hydrogen-bond acceptors (Lipinski definition) is 3. The lowest BCUT2D eigenvalue weighted by atomic mass is 10.2. The lowest BCUT2D eigenvalue weighted by Gasteiger charge is -2.16. The molecule has 6 heteroatoms. The van der Waals surface area contributed by atoms with Crippen LogP contribution in [0.4, 0.5) is 0 Å². The molecular weight excluding hydrogens is 268 g/mol. The van der Waals surface area contributed by atoms with Crippen LogP contribution in [-0.2, 0) is 11.3 Å². The predicted molar refractivity (Wildman–Crippen MR) is 81.8 cm³/mol. The highest BCUT2D eigenvalue weighted by atomic mass is 16.3. The third kappa shape index (κ3) is 5.33. The van der Waals surface area contributed by atoms with Crippen molar-refractivity contribution in [2.24, 2.45) is 4.99 Å². The summed E-state index contributed by atoms with van der Waals surface area (Å²) >= 11 is 0. The van der Waals surface area contributed by atoms with E-state index in [4.69, 9.17) is 4.42 Å². The van der Waals surface area contributed by atoms with Gasteiger partial charge in [-0.05, 0) is 31.9 Å². The van der Waals surface area contributed by atoms with Crippen LogP contribution in [0.5, 0.6) is 0 Å². The SMILES string of the molecule is CCNC(=NCC(=O)NCc1ccco1)NC1CC=CC1. The molecule has 0 bridgehead atoms. The van der Waals surface area contributed by atoms with E-state index in [0.29, 0.717) is 18.5 Å². The van der Waals surface area contributed by atoms with E-state index in [1.54, 1.807) is 12.3 Å². The number of aliphatic imine (C=N–C) groups is 1. The molecule has 6 nitrogen and oxygen atoms in total. The van der Waals surface area contributed by atoms with Crippen molar-refractivity contribution in [1.29, 1.82) is 0 Å². The monoisotopic (exact) mass is 290 g/mol. The summed E-state index contributed by atoms with van der Waals surface area (Å²) in [6, 6.07) is 3.99. The van der Waals surface area contributed by atoms with E-state index >= 15 is 0 Å². The van der Waals surface area contributed by atoms with Gasteiger partial charge in [-0.1, -0.05) is 12.2 Å². The second-order valence-electron chi connectivity index (χ2n) is 4.84. The minimum Gasteiger partial charge on any atom is -0.467 e. The fourth-order valence-corrected chi connectivity index (χ4v) is 2.05. The van der Waals surface area contributed by atoms with Gasteiger partial charge >= 0.3 is 0 Å². The zero-order chi connectivity index (χ0) is 14.9. The molecule has 0 fully saturated rings. The van der Waals surface area contributed by atoms with Crippen LogP contribution < -0.4 is 16.0 Å². The molecule has 21 heavy (non-hydrogen) atoms. The van der Waals surface area contributed by atoms with Gasteiger partial charge in [0.15, 0.2) is 5.96 Å². The first kappa shape index (κ1) is 15.2. The number of nitrogens with one attached hydrogen (secondary N) is 3. The zero-order valence-electron chi connectivity index (χ0n) is 12.3. The standard InChI is InChI=1S/C15H22N4O2/c1-2-16-15(19-12-6-3-4-7-12)18-11-14(20)17-10-13-8-5-9-21-13/h3-5,8-9,12H,2,6-7,10-11H2,1H3,(H,17,20)(H2,16,18,19). The number of carbonyl (C=O) groups excluding carboxylic acids is 1. The molecule has 0 spiro atoms. The van der Waals surface area contributed by atoms with E-state index in [1.807, 2.05) is 13.0 Å². The smallest absolute Gasteiger partial charge is 0.242 e. The van der Waals surface area contributed by atoms with Crippen molar-refractivity contribution in [2.75, 3.05) is 13.1 Å². The average Bonchev–Trinajstić information content (AvgIpc) is 3.16. The third-order valence-electron chi connectivity index (χ3n) is 3.11. The number of nitrogens with zero attached hydrogens (tertiary/aromatic N) is 1. The molecule has 0 saturated heterocycles. The predicted octanol–water partition coefficient (Wildman–Crippen LogP) is 1.17. The van der Waals surface area contributed by atoms with Crippen molar-refractivity contribution in [3.8, 4) is 0 Å². The lowest BCUT2D eigenvalue weighted by molar-refractivity contribution is -0.119. The van der Waals surface area contributed by atoms with Crippen molar-refractivity contribution < 1.29 is 9.21 Å². The molecule has 0 radical (unpaired) electrons. The Kier molecular flexibility index (Phi) is 5.87. The summed E-state index contributed by atoms with van der Waals surface area (Å²) in [5.41, 5.74) is 0. The fourth-order valence-electron chi connectivity index (χ4n) is 2.05.